The summed E-state index contributed by atoms with van der Waals surface area (Å²) in [5, 5.41) is 0. The molecule has 0 saturated carbocycles. The normalized spacial score (nSPS) is 11.1. The second kappa shape index (κ2) is 6.60. The van der Waals surface area contributed by atoms with Crippen molar-refractivity contribution in [1.82, 2.24) is 9.88 Å². The maximum Gasteiger partial charge on any atom is 0.166 e. The van der Waals surface area contributed by atoms with E-state index in [-0.39, 0.29) is 0 Å². The van der Waals surface area contributed by atoms with E-state index in [9.17, 15) is 4.79 Å². The summed E-state index contributed by atoms with van der Waals surface area (Å²) < 4.78 is 0. The molecule has 0 amide bonds. The van der Waals surface area contributed by atoms with Crippen molar-refractivity contribution in [2.24, 2.45) is 0 Å². The predicted octanol–water partition coefficient (Wildman–Crippen LogP) is 2.72. The van der Waals surface area contributed by atoms with E-state index in [0.29, 0.717) is 0 Å². The molecule has 0 radical (unpaired) electrons. The third kappa shape index (κ3) is 3.43. The summed E-state index contributed by atoms with van der Waals surface area (Å²) >= 11 is 0. The quantitative estimate of drug-likeness (QED) is 0.739. The van der Waals surface area contributed by atoms with Crippen molar-refractivity contribution < 1.29 is 4.79 Å². The number of aromatic nitrogens is 1. The molecule has 0 unspecified atom stereocenters. The van der Waals surface area contributed by atoms with Gasteiger partial charge in [-0.25, -0.2) is 0 Å². The lowest BCUT2D eigenvalue weighted by molar-refractivity contribution is 0.111. The molecule has 0 spiro atoms. The van der Waals surface area contributed by atoms with E-state index in [2.05, 4.69) is 23.7 Å². The van der Waals surface area contributed by atoms with Gasteiger partial charge in [0.25, 0.3) is 0 Å². The minimum absolute atomic E-state index is 0.736. The van der Waals surface area contributed by atoms with Crippen molar-refractivity contribution in [2.75, 3.05) is 19.6 Å². The number of nitrogens with zero attached hydrogens (tertiary/aromatic N) is 1. The van der Waals surface area contributed by atoms with E-state index < -0.39 is 0 Å². The van der Waals surface area contributed by atoms with E-state index in [1.54, 1.807) is 0 Å². The standard InChI is InChI=1S/C14H24N2O/c1-5-16(6-2)9-7-8-13-11(3)14(10-17)15-12(13)4/h10,15H,5-9H2,1-4H3. The average molecular weight is 236 g/mol. The van der Waals surface area contributed by atoms with E-state index in [1.165, 1.54) is 5.56 Å². The summed E-state index contributed by atoms with van der Waals surface area (Å²) in [4.78, 5) is 16.4. The lowest BCUT2D eigenvalue weighted by Gasteiger charge is -2.17. The third-order valence-electron chi connectivity index (χ3n) is 3.54. The van der Waals surface area contributed by atoms with Crippen molar-refractivity contribution >= 4 is 6.29 Å². The SMILES string of the molecule is CCN(CC)CCCc1c(C)[nH]c(C=O)c1C. The van der Waals surface area contributed by atoms with Crippen LogP contribution in [0.2, 0.25) is 0 Å². The zero-order valence-corrected chi connectivity index (χ0v) is 11.5. The van der Waals surface area contributed by atoms with Gasteiger partial charge >= 0.3 is 0 Å². The van der Waals surface area contributed by atoms with Gasteiger partial charge in [0.2, 0.25) is 0 Å². The lowest BCUT2D eigenvalue weighted by atomic mass is 10.0. The fourth-order valence-corrected chi connectivity index (χ4v) is 2.33. The number of carbonyl (C=O) groups excluding carboxylic acids is 1. The molecule has 1 heterocycles. The minimum atomic E-state index is 0.736. The largest absolute Gasteiger partial charge is 0.356 e. The molecular weight excluding hydrogens is 212 g/mol. The van der Waals surface area contributed by atoms with Crippen LogP contribution < -0.4 is 0 Å². The molecular formula is C14H24N2O. The first-order valence-corrected chi connectivity index (χ1v) is 6.49. The molecule has 1 aromatic heterocycles. The Hall–Kier alpha value is -1.09. The van der Waals surface area contributed by atoms with Crippen LogP contribution in [0.25, 0.3) is 0 Å². The number of hydrogen-bond acceptors (Lipinski definition) is 2. The lowest BCUT2D eigenvalue weighted by Crippen LogP contribution is -2.24. The number of carbonyl (C=O) groups is 1. The highest BCUT2D eigenvalue weighted by molar-refractivity contribution is 5.75. The summed E-state index contributed by atoms with van der Waals surface area (Å²) in [7, 11) is 0. The molecule has 0 atom stereocenters. The first-order chi connectivity index (χ1) is 8.13. The Morgan fingerprint density at radius 1 is 1.24 bits per heavy atom. The van der Waals surface area contributed by atoms with Gasteiger partial charge in [0.1, 0.15) is 0 Å². The Balaban J connectivity index is 2.57. The molecule has 0 bridgehead atoms. The number of H-pyrrole nitrogens is 1. The minimum Gasteiger partial charge on any atom is -0.356 e. The van der Waals surface area contributed by atoms with Crippen molar-refractivity contribution in [3.8, 4) is 0 Å². The molecule has 96 valence electrons. The Morgan fingerprint density at radius 2 is 1.88 bits per heavy atom. The van der Waals surface area contributed by atoms with Crippen molar-refractivity contribution in [1.29, 1.82) is 0 Å². The Bertz CT molecular complexity index is 365. The van der Waals surface area contributed by atoms with Crippen LogP contribution in [0.3, 0.4) is 0 Å². The number of aryl methyl sites for hydroxylation is 1. The van der Waals surface area contributed by atoms with Crippen molar-refractivity contribution in [2.45, 2.75) is 40.5 Å². The molecule has 0 aliphatic rings. The number of rotatable bonds is 7. The van der Waals surface area contributed by atoms with Gasteiger partial charge in [0.15, 0.2) is 6.29 Å². The van der Waals surface area contributed by atoms with Gasteiger partial charge in [0, 0.05) is 5.69 Å². The monoisotopic (exact) mass is 236 g/mol. The van der Waals surface area contributed by atoms with Gasteiger partial charge in [-0.2, -0.15) is 0 Å². The number of nitrogens with one attached hydrogen (secondary N) is 1. The van der Waals surface area contributed by atoms with Crippen LogP contribution in [-0.4, -0.2) is 35.8 Å². The molecule has 1 N–H and O–H groups in total. The van der Waals surface area contributed by atoms with Gasteiger partial charge < -0.3 is 9.88 Å². The highest BCUT2D eigenvalue weighted by atomic mass is 16.1. The maximum atomic E-state index is 10.8. The van der Waals surface area contributed by atoms with Gasteiger partial charge in [-0.05, 0) is 57.5 Å². The zero-order valence-electron chi connectivity index (χ0n) is 11.5. The molecule has 3 heteroatoms. The molecule has 17 heavy (non-hydrogen) atoms. The molecule has 0 saturated heterocycles. The van der Waals surface area contributed by atoms with E-state index in [0.717, 1.165) is 55.7 Å². The molecule has 1 aromatic rings. The average Bonchev–Trinajstić information content (AvgIpc) is 2.61. The summed E-state index contributed by atoms with van der Waals surface area (Å²) in [6, 6.07) is 0. The number of hydrogen-bond donors (Lipinski definition) is 1. The van der Waals surface area contributed by atoms with Crippen molar-refractivity contribution in [3.63, 3.8) is 0 Å². The molecule has 0 aliphatic carbocycles. The van der Waals surface area contributed by atoms with Crippen LogP contribution in [-0.2, 0) is 6.42 Å². The number of aromatic amines is 1. The first kappa shape index (κ1) is 14.0. The molecule has 0 fully saturated rings. The van der Waals surface area contributed by atoms with E-state index >= 15 is 0 Å². The van der Waals surface area contributed by atoms with Crippen molar-refractivity contribution in [3.05, 3.63) is 22.5 Å². The second-order valence-corrected chi connectivity index (χ2v) is 4.52. The van der Waals surface area contributed by atoms with Crippen LogP contribution in [0.4, 0.5) is 0 Å². The maximum absolute atomic E-state index is 10.8. The van der Waals surface area contributed by atoms with Crippen LogP contribution in [0.5, 0.6) is 0 Å². The van der Waals surface area contributed by atoms with Gasteiger partial charge in [-0.3, -0.25) is 4.79 Å². The topological polar surface area (TPSA) is 36.1 Å². The molecule has 0 aliphatic heterocycles. The highest BCUT2D eigenvalue weighted by Crippen LogP contribution is 2.18. The second-order valence-electron chi connectivity index (χ2n) is 4.52. The summed E-state index contributed by atoms with van der Waals surface area (Å²) in [6.07, 6.45) is 3.12. The fraction of sp³-hybridized carbons (Fsp3) is 0.643. The predicted molar refractivity (Wildman–Crippen MR) is 71.8 cm³/mol. The van der Waals surface area contributed by atoms with Gasteiger partial charge in [-0.1, -0.05) is 13.8 Å². The Labute approximate surface area is 104 Å². The zero-order chi connectivity index (χ0) is 12.8. The smallest absolute Gasteiger partial charge is 0.166 e. The summed E-state index contributed by atoms with van der Waals surface area (Å²) in [5.41, 5.74) is 4.32. The summed E-state index contributed by atoms with van der Waals surface area (Å²) in [6.45, 7) is 11.8. The van der Waals surface area contributed by atoms with Crippen LogP contribution in [0.15, 0.2) is 0 Å². The fourth-order valence-electron chi connectivity index (χ4n) is 2.33. The first-order valence-electron chi connectivity index (χ1n) is 6.49. The highest BCUT2D eigenvalue weighted by Gasteiger charge is 2.10. The van der Waals surface area contributed by atoms with E-state index in [4.69, 9.17) is 0 Å². The molecule has 3 nitrogen and oxygen atoms in total. The molecule has 1 rings (SSSR count). The Morgan fingerprint density at radius 3 is 2.35 bits per heavy atom. The number of aldehydes is 1. The van der Waals surface area contributed by atoms with Crippen LogP contribution in [0, 0.1) is 13.8 Å². The van der Waals surface area contributed by atoms with Crippen LogP contribution >= 0.6 is 0 Å². The van der Waals surface area contributed by atoms with E-state index in [1.807, 2.05) is 13.8 Å². The van der Waals surface area contributed by atoms with Gasteiger partial charge in [-0.15, -0.1) is 0 Å². The van der Waals surface area contributed by atoms with Gasteiger partial charge in [0.05, 0.1) is 5.69 Å². The Kier molecular flexibility index (Phi) is 5.42. The molecule has 0 aromatic carbocycles. The van der Waals surface area contributed by atoms with Crippen LogP contribution in [0.1, 0.15) is 47.6 Å². The summed E-state index contributed by atoms with van der Waals surface area (Å²) in [5.74, 6) is 0. The third-order valence-corrected chi connectivity index (χ3v) is 3.54.